The van der Waals surface area contributed by atoms with Crippen LogP contribution in [0.1, 0.15) is 19.4 Å². The molecular weight excluding hydrogens is 306 g/mol. The van der Waals surface area contributed by atoms with Crippen LogP contribution in [-0.4, -0.2) is 67.0 Å². The quantitative estimate of drug-likeness (QED) is 0.845. The number of carbonyl (C=O) groups excluding carboxylic acids is 2. The monoisotopic (exact) mass is 333 g/mol. The van der Waals surface area contributed by atoms with Gasteiger partial charge in [0.25, 0.3) is 5.91 Å². The number of aryl methyl sites for hydroxylation is 1. The molecule has 1 aliphatic rings. The zero-order valence-corrected chi connectivity index (χ0v) is 14.7. The molecule has 1 saturated heterocycles. The number of ether oxygens (including phenoxy) is 1. The zero-order chi connectivity index (χ0) is 17.5. The fraction of sp³-hybridized carbons (Fsp3) is 0.556. The average Bonchev–Trinajstić information content (AvgIpc) is 2.52. The third-order valence-electron chi connectivity index (χ3n) is 3.89. The second-order valence-electron chi connectivity index (χ2n) is 6.48. The van der Waals surface area contributed by atoms with Gasteiger partial charge in [0.2, 0.25) is 5.91 Å². The summed E-state index contributed by atoms with van der Waals surface area (Å²) in [5.74, 6) is 0.739. The molecule has 0 unspecified atom stereocenters. The van der Waals surface area contributed by atoms with E-state index in [-0.39, 0.29) is 24.5 Å². The van der Waals surface area contributed by atoms with Gasteiger partial charge in [0.1, 0.15) is 5.75 Å². The molecule has 0 bridgehead atoms. The first-order valence-electron chi connectivity index (χ1n) is 8.43. The van der Waals surface area contributed by atoms with Crippen LogP contribution in [0.15, 0.2) is 24.3 Å². The highest BCUT2D eigenvalue weighted by molar-refractivity contribution is 5.79. The summed E-state index contributed by atoms with van der Waals surface area (Å²) in [4.78, 5) is 27.9. The number of nitrogens with zero attached hydrogens (tertiary/aromatic N) is 2. The summed E-state index contributed by atoms with van der Waals surface area (Å²) >= 11 is 0. The van der Waals surface area contributed by atoms with Crippen molar-refractivity contribution in [2.75, 3.05) is 39.3 Å². The molecule has 1 fully saturated rings. The van der Waals surface area contributed by atoms with Gasteiger partial charge in [0, 0.05) is 32.2 Å². The van der Waals surface area contributed by atoms with Crippen LogP contribution in [0.3, 0.4) is 0 Å². The summed E-state index contributed by atoms with van der Waals surface area (Å²) in [5.41, 5.74) is 1.10. The second kappa shape index (κ2) is 8.68. The molecule has 1 heterocycles. The number of piperazine rings is 1. The molecule has 1 aromatic rings. The lowest BCUT2D eigenvalue weighted by molar-refractivity contribution is -0.135. The summed E-state index contributed by atoms with van der Waals surface area (Å²) in [6.45, 7) is 9.01. The first kappa shape index (κ1) is 18.3. The van der Waals surface area contributed by atoms with E-state index in [1.807, 2.05) is 45.0 Å². The number of nitrogens with one attached hydrogen (secondary N) is 1. The van der Waals surface area contributed by atoms with E-state index in [1.54, 1.807) is 4.90 Å². The van der Waals surface area contributed by atoms with Crippen LogP contribution in [0.5, 0.6) is 5.75 Å². The van der Waals surface area contributed by atoms with Crippen LogP contribution in [0.2, 0.25) is 0 Å². The molecule has 132 valence electrons. The summed E-state index contributed by atoms with van der Waals surface area (Å²) in [6, 6.07) is 7.82. The second-order valence-corrected chi connectivity index (χ2v) is 6.48. The third-order valence-corrected chi connectivity index (χ3v) is 3.89. The van der Waals surface area contributed by atoms with Crippen LogP contribution in [0.4, 0.5) is 0 Å². The number of amides is 2. The van der Waals surface area contributed by atoms with Crippen molar-refractivity contribution >= 4 is 11.8 Å². The summed E-state index contributed by atoms with van der Waals surface area (Å²) < 4.78 is 5.57. The van der Waals surface area contributed by atoms with Crippen molar-refractivity contribution in [1.29, 1.82) is 0 Å². The molecule has 6 heteroatoms. The molecule has 1 N–H and O–H groups in total. The van der Waals surface area contributed by atoms with Gasteiger partial charge in [-0.05, 0) is 38.5 Å². The Morgan fingerprint density at radius 3 is 2.54 bits per heavy atom. The molecule has 0 aliphatic carbocycles. The Labute approximate surface area is 143 Å². The first-order chi connectivity index (χ1) is 11.4. The Balaban J connectivity index is 1.71. The van der Waals surface area contributed by atoms with E-state index in [0.717, 1.165) is 5.56 Å². The number of rotatable bonds is 6. The molecule has 1 aliphatic heterocycles. The first-order valence-corrected chi connectivity index (χ1v) is 8.43. The van der Waals surface area contributed by atoms with Gasteiger partial charge < -0.3 is 15.0 Å². The summed E-state index contributed by atoms with van der Waals surface area (Å²) in [6.07, 6.45) is 0. The number of hydrogen-bond acceptors (Lipinski definition) is 4. The largest absolute Gasteiger partial charge is 0.484 e. The highest BCUT2D eigenvalue weighted by atomic mass is 16.5. The Kier molecular flexibility index (Phi) is 6.61. The van der Waals surface area contributed by atoms with Crippen LogP contribution in [0, 0.1) is 6.92 Å². The zero-order valence-electron chi connectivity index (χ0n) is 14.7. The van der Waals surface area contributed by atoms with Gasteiger partial charge in [-0.2, -0.15) is 0 Å². The maximum absolute atomic E-state index is 12.2. The van der Waals surface area contributed by atoms with Crippen molar-refractivity contribution in [3.63, 3.8) is 0 Å². The lowest BCUT2D eigenvalue weighted by Crippen LogP contribution is -2.52. The smallest absolute Gasteiger partial charge is 0.260 e. The lowest BCUT2D eigenvalue weighted by Gasteiger charge is -2.34. The molecule has 2 amide bonds. The minimum atomic E-state index is -0.0113. The average molecular weight is 333 g/mol. The third kappa shape index (κ3) is 5.85. The van der Waals surface area contributed by atoms with Crippen molar-refractivity contribution in [3.8, 4) is 5.75 Å². The molecule has 0 atom stereocenters. The normalized spacial score (nSPS) is 15.4. The fourth-order valence-corrected chi connectivity index (χ4v) is 2.67. The standard InChI is InChI=1S/C18H27N3O3/c1-14(2)19-17(22)12-20-7-9-21(10-8-20)18(23)13-24-16-6-4-5-15(3)11-16/h4-6,11,14H,7-10,12-13H2,1-3H3,(H,19,22). The van der Waals surface area contributed by atoms with Crippen molar-refractivity contribution < 1.29 is 14.3 Å². The predicted octanol–water partition coefficient (Wildman–Crippen LogP) is 1.04. The van der Waals surface area contributed by atoms with Gasteiger partial charge in [-0.25, -0.2) is 0 Å². The SMILES string of the molecule is Cc1cccc(OCC(=O)N2CCN(CC(=O)NC(C)C)CC2)c1. The molecular formula is C18H27N3O3. The van der Waals surface area contributed by atoms with E-state index < -0.39 is 0 Å². The molecule has 1 aromatic carbocycles. The van der Waals surface area contributed by atoms with Crippen molar-refractivity contribution in [2.24, 2.45) is 0 Å². The summed E-state index contributed by atoms with van der Waals surface area (Å²) in [7, 11) is 0. The Hall–Kier alpha value is -2.08. The van der Waals surface area contributed by atoms with E-state index in [4.69, 9.17) is 4.74 Å². The van der Waals surface area contributed by atoms with Crippen molar-refractivity contribution in [3.05, 3.63) is 29.8 Å². The maximum Gasteiger partial charge on any atom is 0.260 e. The molecule has 6 nitrogen and oxygen atoms in total. The van der Waals surface area contributed by atoms with E-state index in [2.05, 4.69) is 10.2 Å². The predicted molar refractivity (Wildman–Crippen MR) is 93.0 cm³/mol. The maximum atomic E-state index is 12.2. The highest BCUT2D eigenvalue weighted by Gasteiger charge is 2.22. The van der Waals surface area contributed by atoms with Crippen LogP contribution in [0.25, 0.3) is 0 Å². The van der Waals surface area contributed by atoms with Gasteiger partial charge in [-0.1, -0.05) is 12.1 Å². The number of hydrogen-bond donors (Lipinski definition) is 1. The highest BCUT2D eigenvalue weighted by Crippen LogP contribution is 2.12. The molecule has 2 rings (SSSR count). The van der Waals surface area contributed by atoms with Crippen LogP contribution < -0.4 is 10.1 Å². The molecule has 0 spiro atoms. The topological polar surface area (TPSA) is 61.9 Å². The van der Waals surface area contributed by atoms with Gasteiger partial charge in [-0.15, -0.1) is 0 Å². The minimum absolute atomic E-state index is 0.0113. The van der Waals surface area contributed by atoms with Crippen molar-refractivity contribution in [2.45, 2.75) is 26.8 Å². The summed E-state index contributed by atoms with van der Waals surface area (Å²) in [5, 5.41) is 2.89. The minimum Gasteiger partial charge on any atom is -0.484 e. The van der Waals surface area contributed by atoms with E-state index in [1.165, 1.54) is 0 Å². The molecule has 0 aromatic heterocycles. The molecule has 0 radical (unpaired) electrons. The molecule has 0 saturated carbocycles. The van der Waals surface area contributed by atoms with Crippen molar-refractivity contribution in [1.82, 2.24) is 15.1 Å². The van der Waals surface area contributed by atoms with E-state index in [9.17, 15) is 9.59 Å². The van der Waals surface area contributed by atoms with E-state index >= 15 is 0 Å². The van der Waals surface area contributed by atoms with Gasteiger partial charge in [-0.3, -0.25) is 14.5 Å². The van der Waals surface area contributed by atoms with Gasteiger partial charge in [0.05, 0.1) is 6.54 Å². The van der Waals surface area contributed by atoms with Crippen LogP contribution in [-0.2, 0) is 9.59 Å². The van der Waals surface area contributed by atoms with Gasteiger partial charge >= 0.3 is 0 Å². The lowest BCUT2D eigenvalue weighted by atomic mass is 10.2. The molecule has 24 heavy (non-hydrogen) atoms. The Morgan fingerprint density at radius 1 is 1.21 bits per heavy atom. The Morgan fingerprint density at radius 2 is 1.92 bits per heavy atom. The Bertz CT molecular complexity index is 566. The number of carbonyl (C=O) groups is 2. The number of benzene rings is 1. The van der Waals surface area contributed by atoms with E-state index in [0.29, 0.717) is 38.5 Å². The van der Waals surface area contributed by atoms with Crippen LogP contribution >= 0.6 is 0 Å². The van der Waals surface area contributed by atoms with Gasteiger partial charge in [0.15, 0.2) is 6.61 Å². The fourth-order valence-electron chi connectivity index (χ4n) is 2.67.